The Morgan fingerprint density at radius 3 is 2.47 bits per heavy atom. The molecule has 0 saturated heterocycles. The van der Waals surface area contributed by atoms with Crippen LogP contribution in [0.3, 0.4) is 0 Å². The fourth-order valence-corrected chi connectivity index (χ4v) is 2.23. The maximum absolute atomic E-state index is 14.0. The Hall–Kier alpha value is -1.68. The minimum absolute atomic E-state index is 0.0695. The van der Waals surface area contributed by atoms with E-state index in [1.807, 2.05) is 37.3 Å². The standard InChI is InChI=1S/C15H13BrFNO/c1-2-18(11-7-4-3-5-8-11)15(19)12-9-6-10-13(16)14(12)17/h3-10H,2H2,1H3. The largest absolute Gasteiger partial charge is 0.309 e. The number of hydrogen-bond acceptors (Lipinski definition) is 1. The van der Waals surface area contributed by atoms with E-state index in [0.29, 0.717) is 11.0 Å². The van der Waals surface area contributed by atoms with E-state index in [1.165, 1.54) is 6.07 Å². The van der Waals surface area contributed by atoms with Gasteiger partial charge in [-0.3, -0.25) is 4.79 Å². The molecule has 98 valence electrons. The first-order chi connectivity index (χ1) is 9.15. The Morgan fingerprint density at radius 2 is 1.84 bits per heavy atom. The summed E-state index contributed by atoms with van der Waals surface area (Å²) in [4.78, 5) is 14.0. The number of hydrogen-bond donors (Lipinski definition) is 0. The highest BCUT2D eigenvalue weighted by molar-refractivity contribution is 9.10. The molecule has 0 N–H and O–H groups in total. The van der Waals surface area contributed by atoms with Gasteiger partial charge in [-0.1, -0.05) is 24.3 Å². The molecule has 0 aliphatic carbocycles. The van der Waals surface area contributed by atoms with E-state index >= 15 is 0 Å². The number of carbonyl (C=O) groups excluding carboxylic acids is 1. The molecule has 0 bridgehead atoms. The zero-order valence-corrected chi connectivity index (χ0v) is 12.0. The van der Waals surface area contributed by atoms with Crippen molar-refractivity contribution in [3.63, 3.8) is 0 Å². The maximum Gasteiger partial charge on any atom is 0.261 e. The number of halogens is 2. The first kappa shape index (κ1) is 13.7. The third-order valence-corrected chi connectivity index (χ3v) is 3.42. The van der Waals surface area contributed by atoms with Crippen molar-refractivity contribution in [1.82, 2.24) is 0 Å². The number of benzene rings is 2. The average molecular weight is 322 g/mol. The van der Waals surface area contributed by atoms with Gasteiger partial charge in [-0.05, 0) is 47.1 Å². The number of amides is 1. The van der Waals surface area contributed by atoms with Crippen molar-refractivity contribution in [2.75, 3.05) is 11.4 Å². The normalized spacial score (nSPS) is 10.3. The maximum atomic E-state index is 14.0. The van der Waals surface area contributed by atoms with Crippen molar-refractivity contribution >= 4 is 27.5 Å². The summed E-state index contributed by atoms with van der Waals surface area (Å²) in [5, 5.41) is 0. The number of rotatable bonds is 3. The first-order valence-corrected chi connectivity index (χ1v) is 6.75. The van der Waals surface area contributed by atoms with Gasteiger partial charge < -0.3 is 4.90 Å². The molecule has 2 nitrogen and oxygen atoms in total. The molecule has 19 heavy (non-hydrogen) atoms. The third-order valence-electron chi connectivity index (χ3n) is 2.81. The molecule has 0 fully saturated rings. The number of nitrogens with zero attached hydrogens (tertiary/aromatic N) is 1. The summed E-state index contributed by atoms with van der Waals surface area (Å²) in [5.41, 5.74) is 0.828. The fraction of sp³-hybridized carbons (Fsp3) is 0.133. The second-order valence-corrected chi connectivity index (χ2v) is 4.84. The highest BCUT2D eigenvalue weighted by Crippen LogP contribution is 2.22. The van der Waals surface area contributed by atoms with Crippen LogP contribution in [0.15, 0.2) is 53.0 Å². The van der Waals surface area contributed by atoms with E-state index in [-0.39, 0.29) is 11.5 Å². The summed E-state index contributed by atoms with van der Waals surface area (Å²) in [6.07, 6.45) is 0. The van der Waals surface area contributed by atoms with Crippen molar-refractivity contribution in [2.24, 2.45) is 0 Å². The van der Waals surface area contributed by atoms with Gasteiger partial charge in [0.15, 0.2) is 0 Å². The Balaban J connectivity index is 2.39. The minimum Gasteiger partial charge on any atom is -0.309 e. The lowest BCUT2D eigenvalue weighted by atomic mass is 10.1. The fourth-order valence-electron chi connectivity index (χ4n) is 1.87. The molecule has 2 aromatic rings. The molecule has 4 heteroatoms. The zero-order valence-electron chi connectivity index (χ0n) is 10.4. The van der Waals surface area contributed by atoms with E-state index in [0.717, 1.165) is 5.69 Å². The quantitative estimate of drug-likeness (QED) is 0.827. The second kappa shape index (κ2) is 5.97. The predicted molar refractivity (Wildman–Crippen MR) is 77.9 cm³/mol. The van der Waals surface area contributed by atoms with Crippen LogP contribution in [0.2, 0.25) is 0 Å². The van der Waals surface area contributed by atoms with Crippen LogP contribution in [-0.2, 0) is 0 Å². The van der Waals surface area contributed by atoms with Crippen LogP contribution in [-0.4, -0.2) is 12.5 Å². The third kappa shape index (κ3) is 2.84. The van der Waals surface area contributed by atoms with Gasteiger partial charge in [0.25, 0.3) is 5.91 Å². The van der Waals surface area contributed by atoms with Crippen molar-refractivity contribution in [1.29, 1.82) is 0 Å². The molecule has 0 aromatic heterocycles. The zero-order chi connectivity index (χ0) is 13.8. The van der Waals surface area contributed by atoms with Crippen LogP contribution >= 0.6 is 15.9 Å². The number of anilines is 1. The van der Waals surface area contributed by atoms with Crippen molar-refractivity contribution < 1.29 is 9.18 Å². The van der Waals surface area contributed by atoms with E-state index in [1.54, 1.807) is 17.0 Å². The Kier molecular flexibility index (Phi) is 4.32. The molecule has 2 aromatic carbocycles. The van der Waals surface area contributed by atoms with Gasteiger partial charge in [0.2, 0.25) is 0 Å². The topological polar surface area (TPSA) is 20.3 Å². The Bertz CT molecular complexity index is 586. The van der Waals surface area contributed by atoms with Crippen molar-refractivity contribution in [3.8, 4) is 0 Å². The summed E-state index contributed by atoms with van der Waals surface area (Å²) in [6.45, 7) is 2.34. The highest BCUT2D eigenvalue weighted by Gasteiger charge is 2.20. The van der Waals surface area contributed by atoms with Crippen molar-refractivity contribution in [2.45, 2.75) is 6.92 Å². The van der Waals surface area contributed by atoms with Gasteiger partial charge in [0, 0.05) is 12.2 Å². The first-order valence-electron chi connectivity index (χ1n) is 5.96. The molecular formula is C15H13BrFNO. The van der Waals surface area contributed by atoms with Gasteiger partial charge in [0.1, 0.15) is 5.82 Å². The highest BCUT2D eigenvalue weighted by atomic mass is 79.9. The predicted octanol–water partition coefficient (Wildman–Crippen LogP) is 4.25. The summed E-state index contributed by atoms with van der Waals surface area (Å²) in [5.74, 6) is -0.866. The molecule has 2 rings (SSSR count). The van der Waals surface area contributed by atoms with Crippen LogP contribution in [0.5, 0.6) is 0 Å². The smallest absolute Gasteiger partial charge is 0.261 e. The van der Waals surface area contributed by atoms with Gasteiger partial charge in [-0.2, -0.15) is 0 Å². The second-order valence-electron chi connectivity index (χ2n) is 3.99. The van der Waals surface area contributed by atoms with Gasteiger partial charge in [-0.25, -0.2) is 4.39 Å². The van der Waals surface area contributed by atoms with E-state index < -0.39 is 5.82 Å². The van der Waals surface area contributed by atoms with E-state index in [9.17, 15) is 9.18 Å². The molecule has 0 aliphatic rings. The number of carbonyl (C=O) groups is 1. The molecule has 0 aliphatic heterocycles. The molecule has 0 heterocycles. The number of para-hydroxylation sites is 1. The molecule has 0 unspecified atom stereocenters. The lowest BCUT2D eigenvalue weighted by Crippen LogP contribution is -2.31. The van der Waals surface area contributed by atoms with Crippen LogP contribution in [0.25, 0.3) is 0 Å². The van der Waals surface area contributed by atoms with Gasteiger partial charge in [0.05, 0.1) is 10.0 Å². The molecule has 0 saturated carbocycles. The van der Waals surface area contributed by atoms with Gasteiger partial charge >= 0.3 is 0 Å². The van der Waals surface area contributed by atoms with Gasteiger partial charge in [-0.15, -0.1) is 0 Å². The molecular weight excluding hydrogens is 309 g/mol. The average Bonchev–Trinajstić information content (AvgIpc) is 2.44. The molecule has 0 atom stereocenters. The molecule has 0 spiro atoms. The van der Waals surface area contributed by atoms with Crippen molar-refractivity contribution in [3.05, 3.63) is 64.4 Å². The summed E-state index contributed by atoms with van der Waals surface area (Å²) in [6, 6.07) is 14.0. The minimum atomic E-state index is -0.526. The lowest BCUT2D eigenvalue weighted by molar-refractivity contribution is 0.0984. The lowest BCUT2D eigenvalue weighted by Gasteiger charge is -2.21. The van der Waals surface area contributed by atoms with Crippen LogP contribution < -0.4 is 4.90 Å². The van der Waals surface area contributed by atoms with Crippen LogP contribution in [0.4, 0.5) is 10.1 Å². The van der Waals surface area contributed by atoms with E-state index in [4.69, 9.17) is 0 Å². The Morgan fingerprint density at radius 1 is 1.16 bits per heavy atom. The van der Waals surface area contributed by atoms with Crippen LogP contribution in [0.1, 0.15) is 17.3 Å². The SMILES string of the molecule is CCN(C(=O)c1cccc(Br)c1F)c1ccccc1. The Labute approximate surface area is 120 Å². The summed E-state index contributed by atoms with van der Waals surface area (Å²) >= 11 is 3.10. The van der Waals surface area contributed by atoms with Crippen LogP contribution in [0, 0.1) is 5.82 Å². The summed E-state index contributed by atoms with van der Waals surface area (Å²) in [7, 11) is 0. The summed E-state index contributed by atoms with van der Waals surface area (Å²) < 4.78 is 14.3. The molecule has 0 radical (unpaired) electrons. The van der Waals surface area contributed by atoms with E-state index in [2.05, 4.69) is 15.9 Å². The monoisotopic (exact) mass is 321 g/mol. The molecule has 1 amide bonds.